The number of thioether (sulfide) groups is 1. The molecule has 0 saturated heterocycles. The van der Waals surface area contributed by atoms with Crippen LogP contribution in [0.4, 0.5) is 15.8 Å². The van der Waals surface area contributed by atoms with Crippen molar-refractivity contribution in [3.63, 3.8) is 0 Å². The van der Waals surface area contributed by atoms with Crippen LogP contribution in [0.2, 0.25) is 0 Å². The molecule has 0 bridgehead atoms. The van der Waals surface area contributed by atoms with Crippen molar-refractivity contribution in [1.82, 2.24) is 0 Å². The molecule has 1 aromatic rings. The molecule has 0 heterocycles. The number of benzene rings is 1. The molecule has 0 saturated carbocycles. The number of nitro benzene ring substituents is 1. The lowest BCUT2D eigenvalue weighted by atomic mass is 10.1. The van der Waals surface area contributed by atoms with Crippen LogP contribution in [0.25, 0.3) is 0 Å². The molecular weight excluding hydrogens is 287 g/mol. The smallest absolute Gasteiger partial charge is 0.338 e. The highest BCUT2D eigenvalue weighted by molar-refractivity contribution is 7.98. The van der Waals surface area contributed by atoms with E-state index < -0.39 is 28.0 Å². The van der Waals surface area contributed by atoms with Gasteiger partial charge in [0, 0.05) is 18.8 Å². The van der Waals surface area contributed by atoms with Crippen LogP contribution < -0.4 is 4.90 Å². The van der Waals surface area contributed by atoms with Gasteiger partial charge in [-0.15, -0.1) is 0 Å². The largest absolute Gasteiger partial charge is 0.478 e. The maximum absolute atomic E-state index is 13.5. The highest BCUT2D eigenvalue weighted by atomic mass is 32.2. The summed E-state index contributed by atoms with van der Waals surface area (Å²) >= 11 is 1.56. The first-order chi connectivity index (χ1) is 9.29. The van der Waals surface area contributed by atoms with Gasteiger partial charge in [0.25, 0.3) is 5.69 Å². The minimum atomic E-state index is -1.45. The molecule has 1 unspecified atom stereocenters. The molecule has 0 amide bonds. The molecule has 1 N–H and O–H groups in total. The van der Waals surface area contributed by atoms with Crippen molar-refractivity contribution >= 4 is 29.1 Å². The molecule has 0 spiro atoms. The normalized spacial score (nSPS) is 12.0. The lowest BCUT2D eigenvalue weighted by Gasteiger charge is -2.26. The van der Waals surface area contributed by atoms with Crippen LogP contribution >= 0.6 is 11.8 Å². The Bertz CT molecular complexity index is 538. The Labute approximate surface area is 119 Å². The summed E-state index contributed by atoms with van der Waals surface area (Å²) in [6.07, 6.45) is 1.89. The van der Waals surface area contributed by atoms with E-state index in [4.69, 9.17) is 5.11 Å². The second kappa shape index (κ2) is 6.56. The number of nitro groups is 1. The van der Waals surface area contributed by atoms with Crippen molar-refractivity contribution in [1.29, 1.82) is 0 Å². The Morgan fingerprint density at radius 2 is 2.20 bits per heavy atom. The molecule has 0 fully saturated rings. The number of anilines is 1. The average molecular weight is 302 g/mol. The quantitative estimate of drug-likeness (QED) is 0.642. The van der Waals surface area contributed by atoms with Gasteiger partial charge in [-0.1, -0.05) is 0 Å². The summed E-state index contributed by atoms with van der Waals surface area (Å²) in [5, 5.41) is 19.9. The van der Waals surface area contributed by atoms with Crippen molar-refractivity contribution in [2.75, 3.05) is 24.0 Å². The van der Waals surface area contributed by atoms with E-state index in [0.717, 1.165) is 6.07 Å². The van der Waals surface area contributed by atoms with Gasteiger partial charge in [-0.05, 0) is 19.2 Å². The minimum absolute atomic E-state index is 0.0594. The molecule has 0 radical (unpaired) electrons. The lowest BCUT2D eigenvalue weighted by Crippen LogP contribution is -2.31. The van der Waals surface area contributed by atoms with Crippen molar-refractivity contribution in [2.24, 2.45) is 0 Å². The fourth-order valence-electron chi connectivity index (χ4n) is 1.73. The predicted octanol–water partition coefficient (Wildman–Crippen LogP) is 2.62. The van der Waals surface area contributed by atoms with Crippen molar-refractivity contribution in [2.45, 2.75) is 13.0 Å². The highest BCUT2D eigenvalue weighted by Gasteiger charge is 2.25. The predicted molar refractivity (Wildman–Crippen MR) is 76.3 cm³/mol. The van der Waals surface area contributed by atoms with Crippen LogP contribution in [-0.4, -0.2) is 41.1 Å². The average Bonchev–Trinajstić information content (AvgIpc) is 2.37. The fourth-order valence-corrected chi connectivity index (χ4v) is 2.44. The standard InChI is InChI=1S/C12H15FN2O4S/c1-7(6-20-3)14(2)10-4-8(12(16)17)9(13)5-11(10)15(18)19/h4-5,7H,6H2,1-3H3,(H,16,17). The summed E-state index contributed by atoms with van der Waals surface area (Å²) < 4.78 is 13.5. The van der Waals surface area contributed by atoms with Crippen LogP contribution in [0.3, 0.4) is 0 Å². The summed E-state index contributed by atoms with van der Waals surface area (Å²) in [6.45, 7) is 1.85. The number of carboxylic acids is 1. The van der Waals surface area contributed by atoms with Gasteiger partial charge >= 0.3 is 5.97 Å². The zero-order valence-corrected chi connectivity index (χ0v) is 12.1. The van der Waals surface area contributed by atoms with Gasteiger partial charge in [0.1, 0.15) is 11.5 Å². The highest BCUT2D eigenvalue weighted by Crippen LogP contribution is 2.32. The number of carbonyl (C=O) groups is 1. The van der Waals surface area contributed by atoms with Crippen LogP contribution in [0, 0.1) is 15.9 Å². The van der Waals surface area contributed by atoms with E-state index >= 15 is 0 Å². The molecule has 0 aromatic heterocycles. The number of rotatable bonds is 6. The number of nitrogens with zero attached hydrogens (tertiary/aromatic N) is 2. The van der Waals surface area contributed by atoms with E-state index in [-0.39, 0.29) is 11.7 Å². The molecule has 8 heteroatoms. The van der Waals surface area contributed by atoms with Gasteiger partial charge in [-0.25, -0.2) is 9.18 Å². The van der Waals surface area contributed by atoms with Crippen molar-refractivity contribution in [3.8, 4) is 0 Å². The Hall–Kier alpha value is -1.83. The van der Waals surface area contributed by atoms with E-state index in [2.05, 4.69) is 0 Å². The number of halogens is 1. The van der Waals surface area contributed by atoms with Gasteiger partial charge in [0.05, 0.1) is 16.6 Å². The molecule has 1 aromatic carbocycles. The second-order valence-electron chi connectivity index (χ2n) is 4.30. The fraction of sp³-hybridized carbons (Fsp3) is 0.417. The number of hydrogen-bond acceptors (Lipinski definition) is 5. The summed E-state index contributed by atoms with van der Waals surface area (Å²) in [5.74, 6) is -1.86. The topological polar surface area (TPSA) is 83.7 Å². The van der Waals surface area contributed by atoms with E-state index in [9.17, 15) is 19.3 Å². The minimum Gasteiger partial charge on any atom is -0.478 e. The molecule has 110 valence electrons. The summed E-state index contributed by atoms with van der Waals surface area (Å²) in [4.78, 5) is 22.8. The summed E-state index contributed by atoms with van der Waals surface area (Å²) in [5.41, 5.74) is -0.924. The van der Waals surface area contributed by atoms with Gasteiger partial charge in [-0.3, -0.25) is 10.1 Å². The molecule has 1 atom stereocenters. The Kier molecular flexibility index (Phi) is 5.32. The monoisotopic (exact) mass is 302 g/mol. The Balaban J connectivity index is 3.37. The Morgan fingerprint density at radius 3 is 2.65 bits per heavy atom. The summed E-state index contributed by atoms with van der Waals surface area (Å²) in [6, 6.07) is 1.60. The van der Waals surface area contributed by atoms with Crippen LogP contribution in [0.15, 0.2) is 12.1 Å². The van der Waals surface area contributed by atoms with E-state index in [1.807, 2.05) is 13.2 Å². The van der Waals surface area contributed by atoms with Crippen LogP contribution in [-0.2, 0) is 0 Å². The molecule has 6 nitrogen and oxygen atoms in total. The van der Waals surface area contributed by atoms with E-state index in [0.29, 0.717) is 11.8 Å². The maximum atomic E-state index is 13.5. The van der Waals surface area contributed by atoms with Crippen LogP contribution in [0.1, 0.15) is 17.3 Å². The maximum Gasteiger partial charge on any atom is 0.338 e. The number of carboxylic acid groups (broad SMARTS) is 1. The third-order valence-electron chi connectivity index (χ3n) is 2.94. The van der Waals surface area contributed by atoms with Crippen LogP contribution in [0.5, 0.6) is 0 Å². The zero-order chi connectivity index (χ0) is 15.4. The molecular formula is C12H15FN2O4S. The van der Waals surface area contributed by atoms with Crippen molar-refractivity contribution in [3.05, 3.63) is 33.6 Å². The Morgan fingerprint density at radius 1 is 1.60 bits per heavy atom. The molecule has 0 aliphatic rings. The van der Waals surface area contributed by atoms with Gasteiger partial charge in [-0.2, -0.15) is 11.8 Å². The van der Waals surface area contributed by atoms with Gasteiger partial charge in [0.2, 0.25) is 0 Å². The number of aromatic carboxylic acids is 1. The first-order valence-corrected chi connectivity index (χ1v) is 7.12. The summed E-state index contributed by atoms with van der Waals surface area (Å²) in [7, 11) is 1.62. The first-order valence-electron chi connectivity index (χ1n) is 5.72. The van der Waals surface area contributed by atoms with E-state index in [1.165, 1.54) is 0 Å². The van der Waals surface area contributed by atoms with E-state index in [1.54, 1.807) is 23.7 Å². The lowest BCUT2D eigenvalue weighted by molar-refractivity contribution is -0.384. The third kappa shape index (κ3) is 3.38. The van der Waals surface area contributed by atoms with Crippen molar-refractivity contribution < 1.29 is 19.2 Å². The number of hydrogen-bond donors (Lipinski definition) is 1. The molecule has 1 rings (SSSR count). The second-order valence-corrected chi connectivity index (χ2v) is 5.21. The molecule has 0 aliphatic heterocycles. The van der Waals surface area contributed by atoms with Gasteiger partial charge in [0.15, 0.2) is 0 Å². The zero-order valence-electron chi connectivity index (χ0n) is 11.3. The third-order valence-corrected chi connectivity index (χ3v) is 3.76. The molecule has 0 aliphatic carbocycles. The van der Waals surface area contributed by atoms with Gasteiger partial charge < -0.3 is 10.0 Å². The SMILES string of the molecule is CSCC(C)N(C)c1cc(C(=O)O)c(F)cc1[N+](=O)[O-]. The molecule has 20 heavy (non-hydrogen) atoms. The first kappa shape index (κ1) is 16.2.